The zero-order valence-corrected chi connectivity index (χ0v) is 9.57. The van der Waals surface area contributed by atoms with E-state index in [-0.39, 0.29) is 0 Å². The van der Waals surface area contributed by atoms with Gasteiger partial charge in [0.15, 0.2) is 0 Å². The Morgan fingerprint density at radius 1 is 1.50 bits per heavy atom. The Kier molecular flexibility index (Phi) is 4.98. The second-order valence-electron chi connectivity index (χ2n) is 3.63. The van der Waals surface area contributed by atoms with Gasteiger partial charge in [-0.3, -0.25) is 0 Å². The lowest BCUT2D eigenvalue weighted by atomic mass is 9.95. The summed E-state index contributed by atoms with van der Waals surface area (Å²) in [6.45, 7) is 2.26. The average Bonchev–Trinajstić information content (AvgIpc) is 2.15. The minimum atomic E-state index is 0.678. The maximum atomic E-state index is 3.77. The fraction of sp³-hybridized carbons (Fsp3) is 0.818. The molecule has 0 N–H and O–H groups in total. The number of unbranched alkanes of at least 4 members (excludes halogenated alkanes) is 1. The van der Waals surface area contributed by atoms with Crippen molar-refractivity contribution >= 4 is 15.9 Å². The Morgan fingerprint density at radius 3 is 2.92 bits per heavy atom. The smallest absolute Gasteiger partial charge is 0.0354 e. The van der Waals surface area contributed by atoms with E-state index in [0.717, 1.165) is 0 Å². The first-order valence-electron chi connectivity index (χ1n) is 5.17. The van der Waals surface area contributed by atoms with Gasteiger partial charge in [-0.15, -0.1) is 0 Å². The second-order valence-corrected chi connectivity index (χ2v) is 4.74. The van der Waals surface area contributed by atoms with Crippen molar-refractivity contribution in [2.75, 3.05) is 0 Å². The fourth-order valence-electron chi connectivity index (χ4n) is 1.72. The van der Waals surface area contributed by atoms with Gasteiger partial charge in [0.2, 0.25) is 0 Å². The lowest BCUT2D eigenvalue weighted by Gasteiger charge is -2.17. The molecule has 0 saturated carbocycles. The third-order valence-electron chi connectivity index (χ3n) is 2.54. The molecule has 1 unspecified atom stereocenters. The zero-order chi connectivity index (χ0) is 8.81. The third-order valence-corrected chi connectivity index (χ3v) is 3.59. The monoisotopic (exact) mass is 230 g/mol. The predicted molar refractivity (Wildman–Crippen MR) is 58.8 cm³/mol. The maximum absolute atomic E-state index is 3.77. The van der Waals surface area contributed by atoms with Gasteiger partial charge in [0.05, 0.1) is 0 Å². The normalized spacial score (nSPS) is 20.3. The Bertz CT molecular complexity index is 149. The van der Waals surface area contributed by atoms with E-state index in [1.807, 2.05) is 0 Å². The first-order chi connectivity index (χ1) is 5.84. The lowest BCUT2D eigenvalue weighted by Crippen LogP contribution is -2.05. The third kappa shape index (κ3) is 3.30. The highest BCUT2D eigenvalue weighted by Gasteiger charge is 2.11. The van der Waals surface area contributed by atoms with Crippen LogP contribution >= 0.6 is 15.9 Å². The lowest BCUT2D eigenvalue weighted by molar-refractivity contribution is 0.650. The van der Waals surface area contributed by atoms with E-state index >= 15 is 0 Å². The molecule has 0 fully saturated rings. The fourth-order valence-corrected chi connectivity index (χ4v) is 2.46. The Hall–Kier alpha value is 0.220. The van der Waals surface area contributed by atoms with E-state index in [1.54, 1.807) is 5.57 Å². The average molecular weight is 231 g/mol. The zero-order valence-electron chi connectivity index (χ0n) is 7.98. The molecule has 0 nitrogen and oxygen atoms in total. The Morgan fingerprint density at radius 2 is 2.33 bits per heavy atom. The van der Waals surface area contributed by atoms with Gasteiger partial charge < -0.3 is 0 Å². The highest BCUT2D eigenvalue weighted by atomic mass is 79.9. The molecule has 1 aliphatic carbocycles. The van der Waals surface area contributed by atoms with Gasteiger partial charge >= 0.3 is 0 Å². The molecule has 0 aliphatic heterocycles. The minimum absolute atomic E-state index is 0.678. The first-order valence-corrected chi connectivity index (χ1v) is 6.09. The van der Waals surface area contributed by atoms with E-state index in [1.165, 1.54) is 44.9 Å². The summed E-state index contributed by atoms with van der Waals surface area (Å²) < 4.78 is 0. The summed E-state index contributed by atoms with van der Waals surface area (Å²) >= 11 is 3.77. The van der Waals surface area contributed by atoms with Crippen molar-refractivity contribution in [3.8, 4) is 0 Å². The molecule has 1 aliphatic rings. The summed E-state index contributed by atoms with van der Waals surface area (Å²) in [5.41, 5.74) is 1.66. The van der Waals surface area contributed by atoms with E-state index in [0.29, 0.717) is 4.83 Å². The van der Waals surface area contributed by atoms with Crippen LogP contribution in [0, 0.1) is 0 Å². The largest absolute Gasteiger partial charge is 0.0842 e. The van der Waals surface area contributed by atoms with Gasteiger partial charge in [-0.25, -0.2) is 0 Å². The molecule has 0 aromatic rings. The number of allylic oxidation sites excluding steroid dienone is 2. The molecule has 0 heterocycles. The maximum Gasteiger partial charge on any atom is 0.0354 e. The van der Waals surface area contributed by atoms with Gasteiger partial charge in [0, 0.05) is 4.83 Å². The van der Waals surface area contributed by atoms with Crippen LogP contribution in [-0.2, 0) is 0 Å². The highest BCUT2D eigenvalue weighted by molar-refractivity contribution is 9.09. The summed E-state index contributed by atoms with van der Waals surface area (Å²) in [5, 5.41) is 0. The number of hydrogen-bond donors (Lipinski definition) is 0. The van der Waals surface area contributed by atoms with Gasteiger partial charge in [0.25, 0.3) is 0 Å². The van der Waals surface area contributed by atoms with Crippen molar-refractivity contribution in [2.45, 2.75) is 56.7 Å². The summed E-state index contributed by atoms with van der Waals surface area (Å²) in [5.74, 6) is 0. The van der Waals surface area contributed by atoms with Crippen LogP contribution in [0.25, 0.3) is 0 Å². The standard InChI is InChI=1S/C11H19Br/c1-2-3-9-11(12)10-7-5-4-6-8-10/h7,11H,2-6,8-9H2,1H3. The van der Waals surface area contributed by atoms with Crippen molar-refractivity contribution in [2.24, 2.45) is 0 Å². The van der Waals surface area contributed by atoms with Crippen molar-refractivity contribution in [3.05, 3.63) is 11.6 Å². The topological polar surface area (TPSA) is 0 Å². The molecule has 70 valence electrons. The van der Waals surface area contributed by atoms with Gasteiger partial charge in [-0.2, -0.15) is 0 Å². The molecule has 0 saturated heterocycles. The van der Waals surface area contributed by atoms with Gasteiger partial charge in [-0.1, -0.05) is 47.3 Å². The van der Waals surface area contributed by atoms with Crippen LogP contribution < -0.4 is 0 Å². The van der Waals surface area contributed by atoms with Crippen molar-refractivity contribution < 1.29 is 0 Å². The van der Waals surface area contributed by atoms with E-state index in [9.17, 15) is 0 Å². The SMILES string of the molecule is CCCCC(Br)C1=CCCCC1. The van der Waals surface area contributed by atoms with Crippen molar-refractivity contribution in [1.82, 2.24) is 0 Å². The van der Waals surface area contributed by atoms with Gasteiger partial charge in [-0.05, 0) is 32.1 Å². The Labute approximate surface area is 84.6 Å². The molecule has 0 spiro atoms. The van der Waals surface area contributed by atoms with E-state index in [4.69, 9.17) is 0 Å². The van der Waals surface area contributed by atoms with Crippen molar-refractivity contribution in [3.63, 3.8) is 0 Å². The molecule has 0 aromatic carbocycles. The van der Waals surface area contributed by atoms with Crippen LogP contribution in [0.4, 0.5) is 0 Å². The predicted octanol–water partition coefficient (Wildman–Crippen LogP) is 4.44. The quantitative estimate of drug-likeness (QED) is 0.495. The number of alkyl halides is 1. The summed E-state index contributed by atoms with van der Waals surface area (Å²) in [7, 11) is 0. The minimum Gasteiger partial charge on any atom is -0.0842 e. The molecule has 12 heavy (non-hydrogen) atoms. The van der Waals surface area contributed by atoms with Gasteiger partial charge in [0.1, 0.15) is 0 Å². The van der Waals surface area contributed by atoms with Crippen LogP contribution in [0.5, 0.6) is 0 Å². The number of hydrogen-bond acceptors (Lipinski definition) is 0. The molecule has 0 radical (unpaired) electrons. The molecular formula is C11H19Br. The second kappa shape index (κ2) is 5.80. The number of rotatable bonds is 4. The van der Waals surface area contributed by atoms with Crippen LogP contribution in [0.15, 0.2) is 11.6 Å². The summed E-state index contributed by atoms with van der Waals surface area (Å²) in [6, 6.07) is 0. The molecular weight excluding hydrogens is 212 g/mol. The summed E-state index contributed by atoms with van der Waals surface area (Å²) in [4.78, 5) is 0.678. The Balaban J connectivity index is 2.29. The van der Waals surface area contributed by atoms with E-state index in [2.05, 4.69) is 28.9 Å². The molecule has 1 heteroatoms. The van der Waals surface area contributed by atoms with Crippen molar-refractivity contribution in [1.29, 1.82) is 0 Å². The molecule has 0 bridgehead atoms. The van der Waals surface area contributed by atoms with E-state index < -0.39 is 0 Å². The highest BCUT2D eigenvalue weighted by Crippen LogP contribution is 2.27. The first kappa shape index (κ1) is 10.3. The molecule has 0 amide bonds. The molecule has 1 atom stereocenters. The van der Waals surface area contributed by atoms with Crippen LogP contribution in [-0.4, -0.2) is 4.83 Å². The molecule has 1 rings (SSSR count). The number of halogens is 1. The van der Waals surface area contributed by atoms with Crippen LogP contribution in [0.1, 0.15) is 51.9 Å². The summed E-state index contributed by atoms with van der Waals surface area (Å²) in [6.07, 6.45) is 11.9. The van der Waals surface area contributed by atoms with Crippen LogP contribution in [0.3, 0.4) is 0 Å². The van der Waals surface area contributed by atoms with Crippen LogP contribution in [0.2, 0.25) is 0 Å². The molecule has 0 aromatic heterocycles.